The maximum atomic E-state index is 3.63. The Morgan fingerprint density at radius 2 is 2.21 bits per heavy atom. The lowest BCUT2D eigenvalue weighted by atomic mass is 9.92. The van der Waals surface area contributed by atoms with Crippen LogP contribution in [0.15, 0.2) is 0 Å². The molecule has 1 fully saturated rings. The third-order valence-electron chi connectivity index (χ3n) is 3.33. The van der Waals surface area contributed by atoms with Crippen LogP contribution in [0.2, 0.25) is 0 Å². The molecule has 1 aliphatic rings. The molecule has 0 aromatic carbocycles. The summed E-state index contributed by atoms with van der Waals surface area (Å²) in [5.41, 5.74) is 0. The molecular formula is C12H26N2. The molecule has 1 aliphatic heterocycles. The van der Waals surface area contributed by atoms with E-state index in [2.05, 4.69) is 31.1 Å². The number of nitrogens with zero attached hydrogens (tertiary/aromatic N) is 1. The molecular weight excluding hydrogens is 172 g/mol. The van der Waals surface area contributed by atoms with Gasteiger partial charge in [-0.25, -0.2) is 0 Å². The second kappa shape index (κ2) is 6.41. The molecule has 14 heavy (non-hydrogen) atoms. The zero-order valence-corrected chi connectivity index (χ0v) is 10.1. The van der Waals surface area contributed by atoms with Crippen molar-refractivity contribution in [3.63, 3.8) is 0 Å². The van der Waals surface area contributed by atoms with Gasteiger partial charge in [-0.2, -0.15) is 0 Å². The smallest absolute Gasteiger partial charge is 0.0220 e. The number of hydrogen-bond acceptors (Lipinski definition) is 2. The highest BCUT2D eigenvalue weighted by Crippen LogP contribution is 2.16. The van der Waals surface area contributed by atoms with E-state index in [1.807, 2.05) is 0 Å². The summed E-state index contributed by atoms with van der Waals surface area (Å²) >= 11 is 0. The topological polar surface area (TPSA) is 15.3 Å². The Hall–Kier alpha value is -0.0800. The molecule has 0 amide bonds. The normalized spacial score (nSPS) is 28.3. The lowest BCUT2D eigenvalue weighted by molar-refractivity contribution is 0.215. The number of piperidine rings is 1. The standard InChI is InChI=1S/C12H26N2/c1-4-5-9-14(3)10-12-11(2)7-6-8-13-12/h11-13H,4-10H2,1-3H3. The fourth-order valence-corrected chi connectivity index (χ4v) is 2.21. The first kappa shape index (κ1) is 12.0. The molecule has 0 spiro atoms. The molecule has 0 aliphatic carbocycles. The van der Waals surface area contributed by atoms with E-state index < -0.39 is 0 Å². The van der Waals surface area contributed by atoms with Crippen molar-refractivity contribution >= 4 is 0 Å². The third kappa shape index (κ3) is 3.97. The maximum Gasteiger partial charge on any atom is 0.0220 e. The van der Waals surface area contributed by atoms with Gasteiger partial charge < -0.3 is 10.2 Å². The molecule has 1 rings (SSSR count). The van der Waals surface area contributed by atoms with E-state index in [0.717, 1.165) is 12.0 Å². The number of hydrogen-bond donors (Lipinski definition) is 1. The summed E-state index contributed by atoms with van der Waals surface area (Å²) in [6.07, 6.45) is 5.39. The predicted molar refractivity (Wildman–Crippen MR) is 62.6 cm³/mol. The number of likely N-dealkylation sites (N-methyl/N-ethyl adjacent to an activating group) is 1. The summed E-state index contributed by atoms with van der Waals surface area (Å²) in [5, 5.41) is 3.63. The number of unbranched alkanes of at least 4 members (excludes halogenated alkanes) is 1. The van der Waals surface area contributed by atoms with Gasteiger partial charge in [0.25, 0.3) is 0 Å². The summed E-state index contributed by atoms with van der Waals surface area (Å²) in [7, 11) is 2.25. The second-order valence-electron chi connectivity index (χ2n) is 4.80. The highest BCUT2D eigenvalue weighted by molar-refractivity contribution is 4.80. The van der Waals surface area contributed by atoms with Gasteiger partial charge in [-0.3, -0.25) is 0 Å². The van der Waals surface area contributed by atoms with Gasteiger partial charge in [-0.05, 0) is 45.3 Å². The fourth-order valence-electron chi connectivity index (χ4n) is 2.21. The van der Waals surface area contributed by atoms with E-state index in [1.165, 1.54) is 45.3 Å². The monoisotopic (exact) mass is 198 g/mol. The van der Waals surface area contributed by atoms with E-state index in [4.69, 9.17) is 0 Å². The molecule has 2 heteroatoms. The molecule has 0 aromatic rings. The Bertz CT molecular complexity index is 147. The molecule has 1 saturated heterocycles. The molecule has 2 unspecified atom stereocenters. The van der Waals surface area contributed by atoms with Crippen LogP contribution in [0, 0.1) is 5.92 Å². The van der Waals surface area contributed by atoms with E-state index in [1.54, 1.807) is 0 Å². The SMILES string of the molecule is CCCCN(C)CC1NCCCC1C. The van der Waals surface area contributed by atoms with Crippen molar-refractivity contribution in [2.24, 2.45) is 5.92 Å². The van der Waals surface area contributed by atoms with Crippen molar-refractivity contribution in [2.75, 3.05) is 26.7 Å². The minimum absolute atomic E-state index is 0.727. The van der Waals surface area contributed by atoms with Crippen LogP contribution in [0.1, 0.15) is 39.5 Å². The molecule has 2 atom stereocenters. The van der Waals surface area contributed by atoms with E-state index in [9.17, 15) is 0 Å². The molecule has 1 N–H and O–H groups in total. The van der Waals surface area contributed by atoms with E-state index >= 15 is 0 Å². The largest absolute Gasteiger partial charge is 0.312 e. The van der Waals surface area contributed by atoms with Gasteiger partial charge in [-0.15, -0.1) is 0 Å². The van der Waals surface area contributed by atoms with Crippen molar-refractivity contribution in [2.45, 2.75) is 45.6 Å². The Morgan fingerprint density at radius 3 is 2.86 bits per heavy atom. The average Bonchev–Trinajstić information content (AvgIpc) is 2.18. The summed E-state index contributed by atoms with van der Waals surface area (Å²) in [5.74, 6) is 0.854. The van der Waals surface area contributed by atoms with Crippen LogP contribution < -0.4 is 5.32 Å². The van der Waals surface area contributed by atoms with E-state index in [0.29, 0.717) is 0 Å². The Morgan fingerprint density at radius 1 is 1.43 bits per heavy atom. The van der Waals surface area contributed by atoms with Crippen molar-refractivity contribution in [1.29, 1.82) is 0 Å². The van der Waals surface area contributed by atoms with Crippen LogP contribution in [0.4, 0.5) is 0 Å². The molecule has 1 heterocycles. The number of nitrogens with one attached hydrogen (secondary N) is 1. The van der Waals surface area contributed by atoms with Crippen LogP contribution in [0.5, 0.6) is 0 Å². The van der Waals surface area contributed by atoms with Gasteiger partial charge in [0.2, 0.25) is 0 Å². The minimum atomic E-state index is 0.727. The zero-order chi connectivity index (χ0) is 10.4. The second-order valence-corrected chi connectivity index (χ2v) is 4.80. The van der Waals surface area contributed by atoms with Crippen molar-refractivity contribution in [3.05, 3.63) is 0 Å². The molecule has 2 nitrogen and oxygen atoms in total. The van der Waals surface area contributed by atoms with Crippen molar-refractivity contribution in [1.82, 2.24) is 10.2 Å². The highest BCUT2D eigenvalue weighted by atomic mass is 15.1. The van der Waals surface area contributed by atoms with Gasteiger partial charge in [0.1, 0.15) is 0 Å². The van der Waals surface area contributed by atoms with Gasteiger partial charge in [0.15, 0.2) is 0 Å². The lowest BCUT2D eigenvalue weighted by Gasteiger charge is -2.33. The van der Waals surface area contributed by atoms with Gasteiger partial charge in [0.05, 0.1) is 0 Å². The van der Waals surface area contributed by atoms with Crippen molar-refractivity contribution in [3.8, 4) is 0 Å². The molecule has 0 saturated carbocycles. The van der Waals surface area contributed by atoms with Crippen LogP contribution in [-0.4, -0.2) is 37.6 Å². The van der Waals surface area contributed by atoms with Crippen LogP contribution >= 0.6 is 0 Å². The molecule has 0 radical (unpaired) electrons. The van der Waals surface area contributed by atoms with Crippen LogP contribution in [0.3, 0.4) is 0 Å². The summed E-state index contributed by atoms with van der Waals surface area (Å²) < 4.78 is 0. The Balaban J connectivity index is 2.20. The van der Waals surface area contributed by atoms with Gasteiger partial charge in [0, 0.05) is 12.6 Å². The minimum Gasteiger partial charge on any atom is -0.312 e. The third-order valence-corrected chi connectivity index (χ3v) is 3.33. The Labute approximate surface area is 89.1 Å². The lowest BCUT2D eigenvalue weighted by Crippen LogP contribution is -2.47. The quantitative estimate of drug-likeness (QED) is 0.728. The first-order chi connectivity index (χ1) is 6.74. The van der Waals surface area contributed by atoms with Crippen LogP contribution in [0.25, 0.3) is 0 Å². The zero-order valence-electron chi connectivity index (χ0n) is 10.1. The summed E-state index contributed by atoms with van der Waals surface area (Å²) in [6.45, 7) is 8.33. The summed E-state index contributed by atoms with van der Waals surface area (Å²) in [4.78, 5) is 2.48. The fraction of sp³-hybridized carbons (Fsp3) is 1.00. The molecule has 0 bridgehead atoms. The first-order valence-electron chi connectivity index (χ1n) is 6.16. The van der Waals surface area contributed by atoms with E-state index in [-0.39, 0.29) is 0 Å². The maximum absolute atomic E-state index is 3.63. The van der Waals surface area contributed by atoms with Crippen molar-refractivity contribution < 1.29 is 0 Å². The first-order valence-corrected chi connectivity index (χ1v) is 6.16. The predicted octanol–water partition coefficient (Wildman–Crippen LogP) is 2.11. The Kier molecular flexibility index (Phi) is 5.49. The number of rotatable bonds is 5. The summed E-state index contributed by atoms with van der Waals surface area (Å²) in [6, 6.07) is 0.727. The van der Waals surface area contributed by atoms with Gasteiger partial charge in [-0.1, -0.05) is 20.3 Å². The molecule has 0 aromatic heterocycles. The van der Waals surface area contributed by atoms with Crippen LogP contribution in [-0.2, 0) is 0 Å². The molecule has 84 valence electrons. The van der Waals surface area contributed by atoms with Gasteiger partial charge >= 0.3 is 0 Å². The highest BCUT2D eigenvalue weighted by Gasteiger charge is 2.21. The average molecular weight is 198 g/mol.